The molecule has 3 heteroatoms. The lowest BCUT2D eigenvalue weighted by atomic mass is 10.4. The SMILES string of the molecule is CC[N+](C)(CCCOC)OC. The van der Waals surface area contributed by atoms with Gasteiger partial charge < -0.3 is 4.74 Å². The van der Waals surface area contributed by atoms with E-state index in [4.69, 9.17) is 9.57 Å². The predicted molar refractivity (Wildman–Crippen MR) is 45.1 cm³/mol. The van der Waals surface area contributed by atoms with Crippen molar-refractivity contribution in [1.82, 2.24) is 0 Å². The van der Waals surface area contributed by atoms with Crippen molar-refractivity contribution in [1.29, 1.82) is 0 Å². The number of methoxy groups -OCH3 is 1. The number of rotatable bonds is 6. The fourth-order valence-corrected chi connectivity index (χ4v) is 0.922. The van der Waals surface area contributed by atoms with Gasteiger partial charge in [0.05, 0.1) is 20.8 Å². The normalized spacial score (nSPS) is 16.4. The van der Waals surface area contributed by atoms with Crippen molar-refractivity contribution in [2.45, 2.75) is 13.3 Å². The van der Waals surface area contributed by atoms with Gasteiger partial charge in [-0.3, -0.25) is 0 Å². The van der Waals surface area contributed by atoms with Crippen LogP contribution >= 0.6 is 0 Å². The minimum atomic E-state index is 0.670. The van der Waals surface area contributed by atoms with Gasteiger partial charge in [0.25, 0.3) is 0 Å². The van der Waals surface area contributed by atoms with Crippen molar-refractivity contribution in [3.63, 3.8) is 0 Å². The Morgan fingerprint density at radius 1 is 1.27 bits per heavy atom. The number of hydrogen-bond donors (Lipinski definition) is 0. The second kappa shape index (κ2) is 5.52. The Morgan fingerprint density at radius 2 is 1.91 bits per heavy atom. The lowest BCUT2D eigenvalue weighted by Crippen LogP contribution is -2.43. The highest BCUT2D eigenvalue weighted by molar-refractivity contribution is 4.31. The Hall–Kier alpha value is -0.120. The van der Waals surface area contributed by atoms with E-state index in [2.05, 4.69) is 14.0 Å². The lowest BCUT2D eigenvalue weighted by Gasteiger charge is -2.28. The first-order chi connectivity index (χ1) is 5.18. The second-order valence-electron chi connectivity index (χ2n) is 2.87. The van der Waals surface area contributed by atoms with E-state index in [0.717, 1.165) is 26.1 Å². The summed E-state index contributed by atoms with van der Waals surface area (Å²) in [6.07, 6.45) is 1.05. The van der Waals surface area contributed by atoms with E-state index in [0.29, 0.717) is 4.65 Å². The molecule has 0 aromatic rings. The Balaban J connectivity index is 3.51. The summed E-state index contributed by atoms with van der Waals surface area (Å²) in [5.41, 5.74) is 0. The highest BCUT2D eigenvalue weighted by atomic mass is 16.7. The molecule has 1 unspecified atom stereocenters. The van der Waals surface area contributed by atoms with Crippen molar-refractivity contribution in [3.05, 3.63) is 0 Å². The van der Waals surface area contributed by atoms with Gasteiger partial charge in [-0.15, -0.1) is 0 Å². The standard InChI is InChI=1S/C8H20NO2/c1-5-9(2,11-4)7-6-8-10-3/h5-8H2,1-4H3/q+1. The molecule has 0 aromatic heterocycles. The zero-order valence-electron chi connectivity index (χ0n) is 8.09. The molecule has 0 rings (SSSR count). The number of ether oxygens (including phenoxy) is 1. The highest BCUT2D eigenvalue weighted by Crippen LogP contribution is 2.02. The van der Waals surface area contributed by atoms with Crippen LogP contribution in [0.3, 0.4) is 0 Å². The average Bonchev–Trinajstić information content (AvgIpc) is 2.05. The van der Waals surface area contributed by atoms with Crippen LogP contribution in [0, 0.1) is 0 Å². The monoisotopic (exact) mass is 162 g/mol. The van der Waals surface area contributed by atoms with Crippen LogP contribution in [0.1, 0.15) is 13.3 Å². The number of hydrogen-bond acceptors (Lipinski definition) is 2. The molecular weight excluding hydrogens is 142 g/mol. The topological polar surface area (TPSA) is 18.5 Å². The number of quaternary nitrogens is 1. The van der Waals surface area contributed by atoms with Crippen LogP contribution in [0.15, 0.2) is 0 Å². The molecule has 0 aromatic carbocycles. The first kappa shape index (κ1) is 10.9. The van der Waals surface area contributed by atoms with Crippen LogP contribution < -0.4 is 0 Å². The van der Waals surface area contributed by atoms with Gasteiger partial charge in [0.15, 0.2) is 0 Å². The summed E-state index contributed by atoms with van der Waals surface area (Å²) in [7, 11) is 5.55. The van der Waals surface area contributed by atoms with E-state index in [1.54, 1.807) is 14.2 Å². The van der Waals surface area contributed by atoms with E-state index in [1.165, 1.54) is 0 Å². The van der Waals surface area contributed by atoms with Crippen molar-refractivity contribution in [2.75, 3.05) is 41.0 Å². The first-order valence-corrected chi connectivity index (χ1v) is 4.07. The molecule has 0 aliphatic rings. The Morgan fingerprint density at radius 3 is 2.27 bits per heavy atom. The first-order valence-electron chi connectivity index (χ1n) is 4.07. The van der Waals surface area contributed by atoms with Gasteiger partial charge in [-0.25, -0.2) is 4.84 Å². The van der Waals surface area contributed by atoms with Gasteiger partial charge in [0.2, 0.25) is 0 Å². The molecule has 11 heavy (non-hydrogen) atoms. The Kier molecular flexibility index (Phi) is 5.46. The van der Waals surface area contributed by atoms with Crippen LogP contribution in [0.4, 0.5) is 0 Å². The Bertz CT molecular complexity index is 92.1. The third-order valence-corrected chi connectivity index (χ3v) is 2.09. The molecule has 0 aliphatic carbocycles. The second-order valence-corrected chi connectivity index (χ2v) is 2.87. The lowest BCUT2D eigenvalue weighted by molar-refractivity contribution is -1.09. The van der Waals surface area contributed by atoms with Gasteiger partial charge in [0.1, 0.15) is 13.1 Å². The third kappa shape index (κ3) is 4.35. The summed E-state index contributed by atoms with van der Waals surface area (Å²) in [4.78, 5) is 5.32. The van der Waals surface area contributed by atoms with Crippen LogP contribution in [0.25, 0.3) is 0 Å². The molecule has 1 atom stereocenters. The van der Waals surface area contributed by atoms with E-state index in [1.807, 2.05) is 0 Å². The van der Waals surface area contributed by atoms with E-state index >= 15 is 0 Å². The third-order valence-electron chi connectivity index (χ3n) is 2.09. The summed E-state index contributed by atoms with van der Waals surface area (Å²) >= 11 is 0. The average molecular weight is 162 g/mol. The Labute approximate surface area is 69.4 Å². The maximum atomic E-state index is 5.32. The molecule has 0 amide bonds. The van der Waals surface area contributed by atoms with Crippen LogP contribution in [-0.4, -0.2) is 45.6 Å². The molecule has 0 bridgehead atoms. The van der Waals surface area contributed by atoms with Crippen LogP contribution in [0.5, 0.6) is 0 Å². The zero-order valence-corrected chi connectivity index (χ0v) is 8.09. The van der Waals surface area contributed by atoms with Gasteiger partial charge >= 0.3 is 0 Å². The molecule has 0 fully saturated rings. The summed E-state index contributed by atoms with van der Waals surface area (Å²) in [5.74, 6) is 0. The molecule has 0 saturated heterocycles. The summed E-state index contributed by atoms with van der Waals surface area (Å²) in [5, 5.41) is 0. The fourth-order valence-electron chi connectivity index (χ4n) is 0.922. The minimum Gasteiger partial charge on any atom is -0.384 e. The van der Waals surface area contributed by atoms with Crippen molar-refractivity contribution < 1.29 is 14.2 Å². The number of nitrogens with zero attached hydrogens (tertiary/aromatic N) is 1. The molecule has 0 saturated carbocycles. The van der Waals surface area contributed by atoms with Crippen molar-refractivity contribution >= 4 is 0 Å². The van der Waals surface area contributed by atoms with Gasteiger partial charge in [-0.2, -0.15) is 4.65 Å². The molecule has 3 nitrogen and oxygen atoms in total. The van der Waals surface area contributed by atoms with Gasteiger partial charge in [0, 0.05) is 13.5 Å². The molecule has 0 N–H and O–H groups in total. The maximum absolute atomic E-state index is 5.32. The van der Waals surface area contributed by atoms with E-state index in [9.17, 15) is 0 Å². The van der Waals surface area contributed by atoms with E-state index < -0.39 is 0 Å². The highest BCUT2D eigenvalue weighted by Gasteiger charge is 2.17. The molecule has 0 aliphatic heterocycles. The molecule has 68 valence electrons. The quantitative estimate of drug-likeness (QED) is 0.330. The van der Waals surface area contributed by atoms with Crippen molar-refractivity contribution in [3.8, 4) is 0 Å². The largest absolute Gasteiger partial charge is 0.384 e. The van der Waals surface area contributed by atoms with Crippen LogP contribution in [-0.2, 0) is 9.57 Å². The predicted octanol–water partition coefficient (Wildman–Crippen LogP) is 1.05. The maximum Gasteiger partial charge on any atom is 0.111 e. The fraction of sp³-hybridized carbons (Fsp3) is 1.00. The number of hydroxylamine groups is 3. The van der Waals surface area contributed by atoms with E-state index in [-0.39, 0.29) is 0 Å². The summed E-state index contributed by atoms with van der Waals surface area (Å²) < 4.78 is 5.63. The molecule has 0 heterocycles. The smallest absolute Gasteiger partial charge is 0.111 e. The molecule has 0 spiro atoms. The summed E-state index contributed by atoms with van der Waals surface area (Å²) in [6, 6.07) is 0. The zero-order chi connectivity index (χ0) is 8.74. The summed E-state index contributed by atoms with van der Waals surface area (Å²) in [6.45, 7) is 4.95. The minimum absolute atomic E-state index is 0.670. The van der Waals surface area contributed by atoms with Gasteiger partial charge in [-0.1, -0.05) is 0 Å². The van der Waals surface area contributed by atoms with Crippen molar-refractivity contribution in [2.24, 2.45) is 0 Å². The molecule has 0 radical (unpaired) electrons. The molecular formula is C8H20NO2+. The van der Waals surface area contributed by atoms with Crippen LogP contribution in [0.2, 0.25) is 0 Å². The van der Waals surface area contributed by atoms with Gasteiger partial charge in [-0.05, 0) is 6.92 Å².